The third-order valence-corrected chi connectivity index (χ3v) is 4.10. The Labute approximate surface area is 122 Å². The number of hydrogen-bond donors (Lipinski definition) is 1. The van der Waals surface area contributed by atoms with E-state index >= 15 is 0 Å². The summed E-state index contributed by atoms with van der Waals surface area (Å²) < 4.78 is 10.3. The van der Waals surface area contributed by atoms with Gasteiger partial charge in [-0.25, -0.2) is 0 Å². The van der Waals surface area contributed by atoms with E-state index in [4.69, 9.17) is 15.2 Å². The molecule has 0 heterocycles. The Balaban J connectivity index is 2.58. The Morgan fingerprint density at radius 2 is 1.85 bits per heavy atom. The first-order chi connectivity index (χ1) is 9.55. The quantitative estimate of drug-likeness (QED) is 0.751. The van der Waals surface area contributed by atoms with E-state index in [-0.39, 0.29) is 5.54 Å². The first-order valence-corrected chi connectivity index (χ1v) is 7.09. The van der Waals surface area contributed by atoms with Crippen molar-refractivity contribution >= 4 is 0 Å². The molecule has 114 valence electrons. The van der Waals surface area contributed by atoms with Gasteiger partial charge in [0.1, 0.15) is 5.75 Å². The molecule has 0 aliphatic heterocycles. The molecule has 0 aliphatic rings. The number of nitrogens with two attached hydrogens (primary N) is 1. The molecule has 4 heteroatoms. The molecule has 0 spiro atoms. The molecule has 0 fully saturated rings. The SMILES string of the molecule is COCCN(C)C(C)(CN)CCc1ccc(OC)cc1. The van der Waals surface area contributed by atoms with Crippen LogP contribution >= 0.6 is 0 Å². The van der Waals surface area contributed by atoms with Crippen LogP contribution in [0.15, 0.2) is 24.3 Å². The average Bonchev–Trinajstić information content (AvgIpc) is 2.50. The monoisotopic (exact) mass is 280 g/mol. The summed E-state index contributed by atoms with van der Waals surface area (Å²) >= 11 is 0. The van der Waals surface area contributed by atoms with E-state index in [1.807, 2.05) is 12.1 Å². The summed E-state index contributed by atoms with van der Waals surface area (Å²) in [5, 5.41) is 0. The van der Waals surface area contributed by atoms with Gasteiger partial charge in [-0.1, -0.05) is 12.1 Å². The third kappa shape index (κ3) is 4.78. The van der Waals surface area contributed by atoms with Crippen LogP contribution in [0.5, 0.6) is 5.75 Å². The van der Waals surface area contributed by atoms with Gasteiger partial charge in [0.05, 0.1) is 13.7 Å². The van der Waals surface area contributed by atoms with E-state index in [0.29, 0.717) is 6.54 Å². The van der Waals surface area contributed by atoms with Gasteiger partial charge in [-0.05, 0) is 44.5 Å². The minimum Gasteiger partial charge on any atom is -0.497 e. The van der Waals surface area contributed by atoms with Crippen molar-refractivity contribution in [1.82, 2.24) is 4.90 Å². The summed E-state index contributed by atoms with van der Waals surface area (Å²) in [4.78, 5) is 2.29. The zero-order valence-corrected chi connectivity index (χ0v) is 13.2. The number of aryl methyl sites for hydroxylation is 1. The number of ether oxygens (including phenoxy) is 2. The van der Waals surface area contributed by atoms with Gasteiger partial charge in [0, 0.05) is 25.7 Å². The van der Waals surface area contributed by atoms with Crippen molar-refractivity contribution < 1.29 is 9.47 Å². The van der Waals surface area contributed by atoms with Crippen LogP contribution in [0.3, 0.4) is 0 Å². The second-order valence-electron chi connectivity index (χ2n) is 5.46. The van der Waals surface area contributed by atoms with Crippen LogP contribution < -0.4 is 10.5 Å². The first kappa shape index (κ1) is 17.0. The molecule has 1 atom stereocenters. The zero-order chi connectivity index (χ0) is 15.0. The standard InChI is InChI=1S/C16H28N2O2/c1-16(13-17,18(2)11-12-19-3)10-9-14-5-7-15(20-4)8-6-14/h5-8H,9-13,17H2,1-4H3. The third-order valence-electron chi connectivity index (χ3n) is 4.10. The molecule has 1 unspecified atom stereocenters. The molecular weight excluding hydrogens is 252 g/mol. The van der Waals surface area contributed by atoms with E-state index < -0.39 is 0 Å². The summed E-state index contributed by atoms with van der Waals surface area (Å²) in [6, 6.07) is 8.24. The van der Waals surface area contributed by atoms with Gasteiger partial charge < -0.3 is 15.2 Å². The second kappa shape index (κ2) is 8.25. The molecule has 1 aromatic carbocycles. The number of hydrogen-bond acceptors (Lipinski definition) is 4. The molecule has 20 heavy (non-hydrogen) atoms. The Hall–Kier alpha value is -1.10. The Bertz CT molecular complexity index is 381. The van der Waals surface area contributed by atoms with Gasteiger partial charge in [-0.2, -0.15) is 0 Å². The Morgan fingerprint density at radius 1 is 1.20 bits per heavy atom. The predicted molar refractivity (Wildman–Crippen MR) is 83.3 cm³/mol. The minimum absolute atomic E-state index is 0.00153. The molecular formula is C16H28N2O2. The number of methoxy groups -OCH3 is 2. The summed E-state index contributed by atoms with van der Waals surface area (Å²) in [5.74, 6) is 0.896. The van der Waals surface area contributed by atoms with Crippen molar-refractivity contribution in [3.05, 3.63) is 29.8 Å². The Morgan fingerprint density at radius 3 is 2.35 bits per heavy atom. The lowest BCUT2D eigenvalue weighted by molar-refractivity contribution is 0.0887. The fourth-order valence-corrected chi connectivity index (χ4v) is 2.15. The first-order valence-electron chi connectivity index (χ1n) is 7.09. The predicted octanol–water partition coefficient (Wildman–Crippen LogP) is 1.92. The van der Waals surface area contributed by atoms with Crippen LogP contribution in [-0.2, 0) is 11.2 Å². The molecule has 0 saturated carbocycles. The topological polar surface area (TPSA) is 47.7 Å². The normalized spacial score (nSPS) is 14.3. The number of nitrogens with zero attached hydrogens (tertiary/aromatic N) is 1. The number of likely N-dealkylation sites (N-methyl/N-ethyl adjacent to an activating group) is 1. The van der Waals surface area contributed by atoms with Crippen molar-refractivity contribution in [2.45, 2.75) is 25.3 Å². The van der Waals surface area contributed by atoms with E-state index in [1.54, 1.807) is 14.2 Å². The zero-order valence-electron chi connectivity index (χ0n) is 13.2. The van der Waals surface area contributed by atoms with Crippen molar-refractivity contribution in [2.75, 3.05) is 41.0 Å². The highest BCUT2D eigenvalue weighted by Crippen LogP contribution is 2.20. The molecule has 0 radical (unpaired) electrons. The summed E-state index contributed by atoms with van der Waals surface area (Å²) in [6.45, 7) is 4.48. The lowest BCUT2D eigenvalue weighted by Crippen LogP contribution is -2.51. The molecule has 4 nitrogen and oxygen atoms in total. The minimum atomic E-state index is -0.00153. The lowest BCUT2D eigenvalue weighted by atomic mass is 9.91. The van der Waals surface area contributed by atoms with Gasteiger partial charge in [0.25, 0.3) is 0 Å². The van der Waals surface area contributed by atoms with Crippen LogP contribution in [0.4, 0.5) is 0 Å². The van der Waals surface area contributed by atoms with Gasteiger partial charge in [0.15, 0.2) is 0 Å². The van der Waals surface area contributed by atoms with Crippen LogP contribution in [0, 0.1) is 0 Å². The van der Waals surface area contributed by atoms with Gasteiger partial charge in [-0.3, -0.25) is 4.90 Å². The van der Waals surface area contributed by atoms with Crippen LogP contribution in [-0.4, -0.2) is 51.4 Å². The van der Waals surface area contributed by atoms with Crippen molar-refractivity contribution in [3.8, 4) is 5.75 Å². The largest absolute Gasteiger partial charge is 0.497 e. The fraction of sp³-hybridized carbons (Fsp3) is 0.625. The van der Waals surface area contributed by atoms with E-state index in [0.717, 1.165) is 31.7 Å². The van der Waals surface area contributed by atoms with Crippen LogP contribution in [0.25, 0.3) is 0 Å². The lowest BCUT2D eigenvalue weighted by Gasteiger charge is -2.38. The number of benzene rings is 1. The van der Waals surface area contributed by atoms with Crippen molar-refractivity contribution in [3.63, 3.8) is 0 Å². The molecule has 2 N–H and O–H groups in total. The molecule has 0 amide bonds. The molecule has 1 aromatic rings. The molecule has 0 saturated heterocycles. The van der Waals surface area contributed by atoms with E-state index in [1.165, 1.54) is 5.56 Å². The maximum absolute atomic E-state index is 5.99. The van der Waals surface area contributed by atoms with Gasteiger partial charge in [0.2, 0.25) is 0 Å². The molecule has 1 rings (SSSR count). The van der Waals surface area contributed by atoms with Crippen molar-refractivity contribution in [1.29, 1.82) is 0 Å². The maximum atomic E-state index is 5.99. The second-order valence-corrected chi connectivity index (χ2v) is 5.46. The maximum Gasteiger partial charge on any atom is 0.118 e. The van der Waals surface area contributed by atoms with Gasteiger partial charge >= 0.3 is 0 Å². The molecule has 0 aliphatic carbocycles. The van der Waals surface area contributed by atoms with Crippen molar-refractivity contribution in [2.24, 2.45) is 5.73 Å². The van der Waals surface area contributed by atoms with Crippen LogP contribution in [0.1, 0.15) is 18.9 Å². The average molecular weight is 280 g/mol. The summed E-state index contributed by atoms with van der Waals surface area (Å²) in [7, 11) is 5.52. The fourth-order valence-electron chi connectivity index (χ4n) is 2.15. The highest BCUT2D eigenvalue weighted by atomic mass is 16.5. The smallest absolute Gasteiger partial charge is 0.118 e. The molecule has 0 bridgehead atoms. The van der Waals surface area contributed by atoms with E-state index in [2.05, 4.69) is 31.0 Å². The summed E-state index contributed by atoms with van der Waals surface area (Å²) in [5.41, 5.74) is 7.30. The number of rotatable bonds is 9. The summed E-state index contributed by atoms with van der Waals surface area (Å²) in [6.07, 6.45) is 2.03. The molecule has 0 aromatic heterocycles. The van der Waals surface area contributed by atoms with Crippen LogP contribution in [0.2, 0.25) is 0 Å². The Kier molecular flexibility index (Phi) is 6.99. The van der Waals surface area contributed by atoms with E-state index in [9.17, 15) is 0 Å². The van der Waals surface area contributed by atoms with Gasteiger partial charge in [-0.15, -0.1) is 0 Å². The highest BCUT2D eigenvalue weighted by Gasteiger charge is 2.26. The highest BCUT2D eigenvalue weighted by molar-refractivity contribution is 5.27.